The largest absolute Gasteiger partial charge is 0.370 e. The maximum Gasteiger partial charge on any atom is 0.248 e. The fourth-order valence-electron chi connectivity index (χ4n) is 3.75. The standard InChI is InChI=1S/C17H26N6O2/c24-16-14-25-11-10-22(16)5-4-20-12-15(13-20)21-6-8-23(9-7-21)17-18-2-1-3-19-17/h1-3,15H,4-14H2. The second kappa shape index (κ2) is 7.63. The van der Waals surface area contributed by atoms with Crippen LogP contribution in [0.4, 0.5) is 5.95 Å². The van der Waals surface area contributed by atoms with E-state index >= 15 is 0 Å². The number of nitrogens with zero attached hydrogens (tertiary/aromatic N) is 6. The molecule has 1 aromatic rings. The first kappa shape index (κ1) is 16.7. The third-order valence-electron chi connectivity index (χ3n) is 5.37. The second-order valence-electron chi connectivity index (χ2n) is 6.92. The van der Waals surface area contributed by atoms with Crippen LogP contribution >= 0.6 is 0 Å². The maximum absolute atomic E-state index is 11.7. The highest BCUT2D eigenvalue weighted by atomic mass is 16.5. The quantitative estimate of drug-likeness (QED) is 0.687. The highest BCUT2D eigenvalue weighted by Crippen LogP contribution is 2.18. The summed E-state index contributed by atoms with van der Waals surface area (Å²) in [7, 11) is 0. The molecule has 0 N–H and O–H groups in total. The molecule has 0 unspecified atom stereocenters. The molecule has 0 aliphatic carbocycles. The summed E-state index contributed by atoms with van der Waals surface area (Å²) < 4.78 is 5.17. The summed E-state index contributed by atoms with van der Waals surface area (Å²) in [6.45, 7) is 9.79. The van der Waals surface area contributed by atoms with Crippen molar-refractivity contribution in [3.05, 3.63) is 18.5 Å². The van der Waals surface area contributed by atoms with Crippen molar-refractivity contribution in [2.75, 3.05) is 77.0 Å². The van der Waals surface area contributed by atoms with Crippen LogP contribution in [0.5, 0.6) is 0 Å². The number of hydrogen-bond acceptors (Lipinski definition) is 7. The Morgan fingerprint density at radius 3 is 2.52 bits per heavy atom. The van der Waals surface area contributed by atoms with E-state index in [0.29, 0.717) is 12.6 Å². The Kier molecular flexibility index (Phi) is 5.09. The van der Waals surface area contributed by atoms with E-state index < -0.39 is 0 Å². The molecule has 0 spiro atoms. The van der Waals surface area contributed by atoms with Crippen molar-refractivity contribution in [3.8, 4) is 0 Å². The summed E-state index contributed by atoms with van der Waals surface area (Å²) in [5, 5.41) is 0. The summed E-state index contributed by atoms with van der Waals surface area (Å²) in [4.78, 5) is 29.6. The fourth-order valence-corrected chi connectivity index (χ4v) is 3.75. The van der Waals surface area contributed by atoms with Gasteiger partial charge >= 0.3 is 0 Å². The zero-order valence-corrected chi connectivity index (χ0v) is 14.6. The van der Waals surface area contributed by atoms with Crippen LogP contribution in [-0.4, -0.2) is 109 Å². The molecule has 1 amide bonds. The summed E-state index contributed by atoms with van der Waals surface area (Å²) >= 11 is 0. The van der Waals surface area contributed by atoms with E-state index in [1.54, 1.807) is 12.4 Å². The minimum atomic E-state index is 0.127. The van der Waals surface area contributed by atoms with Crippen LogP contribution in [0.15, 0.2) is 18.5 Å². The predicted octanol–water partition coefficient (Wildman–Crippen LogP) is -0.858. The maximum atomic E-state index is 11.7. The number of likely N-dealkylation sites (tertiary alicyclic amines) is 1. The van der Waals surface area contributed by atoms with Gasteiger partial charge in [-0.05, 0) is 6.07 Å². The molecular weight excluding hydrogens is 320 g/mol. The molecule has 4 heterocycles. The minimum absolute atomic E-state index is 0.127. The van der Waals surface area contributed by atoms with Crippen LogP contribution in [0, 0.1) is 0 Å². The molecule has 8 nitrogen and oxygen atoms in total. The number of morpholine rings is 1. The van der Waals surface area contributed by atoms with Gasteiger partial charge in [0, 0.05) is 77.3 Å². The van der Waals surface area contributed by atoms with Gasteiger partial charge in [0.2, 0.25) is 11.9 Å². The van der Waals surface area contributed by atoms with Gasteiger partial charge in [0.1, 0.15) is 6.61 Å². The number of amides is 1. The first-order valence-electron chi connectivity index (χ1n) is 9.13. The van der Waals surface area contributed by atoms with Crippen molar-refractivity contribution in [1.82, 2.24) is 24.7 Å². The normalized spacial score (nSPS) is 23.8. The number of anilines is 1. The average molecular weight is 346 g/mol. The Morgan fingerprint density at radius 1 is 1.04 bits per heavy atom. The van der Waals surface area contributed by atoms with E-state index in [2.05, 4.69) is 24.7 Å². The Bertz CT molecular complexity index is 572. The molecule has 3 aliphatic rings. The zero-order valence-electron chi connectivity index (χ0n) is 14.6. The predicted molar refractivity (Wildman–Crippen MR) is 93.4 cm³/mol. The molecule has 4 rings (SSSR count). The molecule has 3 fully saturated rings. The molecule has 8 heteroatoms. The lowest BCUT2D eigenvalue weighted by molar-refractivity contribution is -0.143. The molecule has 3 saturated heterocycles. The topological polar surface area (TPSA) is 65.0 Å². The minimum Gasteiger partial charge on any atom is -0.370 e. The highest BCUT2D eigenvalue weighted by Gasteiger charge is 2.34. The van der Waals surface area contributed by atoms with Crippen LogP contribution in [0.25, 0.3) is 0 Å². The lowest BCUT2D eigenvalue weighted by Gasteiger charge is -2.48. The van der Waals surface area contributed by atoms with Crippen LogP contribution < -0.4 is 4.90 Å². The van der Waals surface area contributed by atoms with Crippen molar-refractivity contribution in [3.63, 3.8) is 0 Å². The van der Waals surface area contributed by atoms with Gasteiger partial charge in [-0.1, -0.05) is 0 Å². The number of carbonyl (C=O) groups excluding carboxylic acids is 1. The Morgan fingerprint density at radius 2 is 1.80 bits per heavy atom. The summed E-state index contributed by atoms with van der Waals surface area (Å²) in [5.41, 5.74) is 0. The number of ether oxygens (including phenoxy) is 1. The number of piperazine rings is 1. The van der Waals surface area contributed by atoms with Crippen molar-refractivity contribution < 1.29 is 9.53 Å². The molecule has 25 heavy (non-hydrogen) atoms. The van der Waals surface area contributed by atoms with Gasteiger partial charge in [0.25, 0.3) is 0 Å². The van der Waals surface area contributed by atoms with E-state index in [1.807, 2.05) is 11.0 Å². The molecule has 0 atom stereocenters. The number of carbonyl (C=O) groups is 1. The molecular formula is C17H26N6O2. The van der Waals surface area contributed by atoms with E-state index in [1.165, 1.54) is 0 Å². The molecule has 0 bridgehead atoms. The molecule has 1 aromatic heterocycles. The number of hydrogen-bond donors (Lipinski definition) is 0. The van der Waals surface area contributed by atoms with Crippen molar-refractivity contribution in [2.45, 2.75) is 6.04 Å². The zero-order chi connectivity index (χ0) is 17.1. The third-order valence-corrected chi connectivity index (χ3v) is 5.37. The van der Waals surface area contributed by atoms with Gasteiger partial charge in [-0.2, -0.15) is 0 Å². The number of aromatic nitrogens is 2. The van der Waals surface area contributed by atoms with Crippen LogP contribution in [0.2, 0.25) is 0 Å². The molecule has 0 radical (unpaired) electrons. The third kappa shape index (κ3) is 3.91. The van der Waals surface area contributed by atoms with Crippen LogP contribution in [0.1, 0.15) is 0 Å². The van der Waals surface area contributed by atoms with E-state index in [-0.39, 0.29) is 12.5 Å². The molecule has 0 saturated carbocycles. The first-order valence-corrected chi connectivity index (χ1v) is 9.13. The summed E-state index contributed by atoms with van der Waals surface area (Å²) in [6.07, 6.45) is 3.61. The van der Waals surface area contributed by atoms with Crippen LogP contribution in [-0.2, 0) is 9.53 Å². The highest BCUT2D eigenvalue weighted by molar-refractivity contribution is 5.77. The summed E-state index contributed by atoms with van der Waals surface area (Å²) in [5.74, 6) is 0.968. The Balaban J connectivity index is 1.16. The lowest BCUT2D eigenvalue weighted by Crippen LogP contribution is -2.64. The van der Waals surface area contributed by atoms with E-state index in [9.17, 15) is 4.79 Å². The first-order chi connectivity index (χ1) is 12.3. The van der Waals surface area contributed by atoms with Gasteiger partial charge in [0.05, 0.1) is 6.61 Å². The van der Waals surface area contributed by atoms with Crippen molar-refractivity contribution in [2.24, 2.45) is 0 Å². The fraction of sp³-hybridized carbons (Fsp3) is 0.706. The summed E-state index contributed by atoms with van der Waals surface area (Å²) in [6, 6.07) is 2.51. The van der Waals surface area contributed by atoms with E-state index in [0.717, 1.165) is 64.9 Å². The van der Waals surface area contributed by atoms with Gasteiger partial charge in [-0.15, -0.1) is 0 Å². The van der Waals surface area contributed by atoms with Crippen molar-refractivity contribution in [1.29, 1.82) is 0 Å². The lowest BCUT2D eigenvalue weighted by atomic mass is 10.1. The van der Waals surface area contributed by atoms with Gasteiger partial charge in [0.15, 0.2) is 0 Å². The van der Waals surface area contributed by atoms with E-state index in [4.69, 9.17) is 4.74 Å². The molecule has 3 aliphatic heterocycles. The number of rotatable bonds is 5. The molecule has 136 valence electrons. The monoisotopic (exact) mass is 346 g/mol. The second-order valence-corrected chi connectivity index (χ2v) is 6.92. The smallest absolute Gasteiger partial charge is 0.248 e. The van der Waals surface area contributed by atoms with Gasteiger partial charge < -0.3 is 14.5 Å². The Labute approximate surface area is 148 Å². The molecule has 0 aromatic carbocycles. The Hall–Kier alpha value is -1.77. The average Bonchev–Trinajstić information content (AvgIpc) is 2.63. The SMILES string of the molecule is O=C1COCCN1CCN1CC(N2CCN(c3ncccn3)CC2)C1. The van der Waals surface area contributed by atoms with Gasteiger partial charge in [-0.3, -0.25) is 14.6 Å². The van der Waals surface area contributed by atoms with Gasteiger partial charge in [-0.25, -0.2) is 9.97 Å². The van der Waals surface area contributed by atoms with Crippen molar-refractivity contribution >= 4 is 11.9 Å². The van der Waals surface area contributed by atoms with Crippen LogP contribution in [0.3, 0.4) is 0 Å².